The number of anilines is 1. The summed E-state index contributed by atoms with van der Waals surface area (Å²) >= 11 is 0. The van der Waals surface area contributed by atoms with E-state index in [1.165, 1.54) is 7.05 Å². The fraction of sp³-hybridized carbons (Fsp3) is 0.385. The maximum atomic E-state index is 12.7. The summed E-state index contributed by atoms with van der Waals surface area (Å²) in [7, 11) is 1.25. The number of carboxylic acids is 1. The summed E-state index contributed by atoms with van der Waals surface area (Å²) in [6.07, 6.45) is -10.1. The van der Waals surface area contributed by atoms with Gasteiger partial charge in [0.2, 0.25) is 5.91 Å². The van der Waals surface area contributed by atoms with Crippen LogP contribution < -0.4 is 5.32 Å². The number of rotatable bonds is 5. The number of amides is 1. The van der Waals surface area contributed by atoms with E-state index in [0.717, 1.165) is 4.90 Å². The van der Waals surface area contributed by atoms with Gasteiger partial charge in [0.1, 0.15) is 0 Å². The molecule has 24 heavy (non-hydrogen) atoms. The van der Waals surface area contributed by atoms with Crippen molar-refractivity contribution in [2.75, 3.05) is 25.5 Å². The van der Waals surface area contributed by atoms with Crippen LogP contribution >= 0.6 is 0 Å². The van der Waals surface area contributed by atoms with Crippen LogP contribution in [0.15, 0.2) is 18.2 Å². The second-order valence-electron chi connectivity index (χ2n) is 4.91. The summed E-state index contributed by atoms with van der Waals surface area (Å²) in [5.41, 5.74) is -3.82. The van der Waals surface area contributed by atoms with E-state index in [9.17, 15) is 35.9 Å². The molecule has 0 aliphatic rings. The summed E-state index contributed by atoms with van der Waals surface area (Å²) < 4.78 is 76.0. The molecular weight excluding hydrogens is 346 g/mol. The molecule has 0 aromatic heterocycles. The molecule has 1 amide bonds. The number of likely N-dealkylation sites (N-methyl/N-ethyl adjacent to an activating group) is 1. The van der Waals surface area contributed by atoms with Crippen molar-refractivity contribution in [1.82, 2.24) is 4.90 Å². The Morgan fingerprint density at radius 2 is 1.46 bits per heavy atom. The fourth-order valence-corrected chi connectivity index (χ4v) is 1.76. The summed E-state index contributed by atoms with van der Waals surface area (Å²) in [4.78, 5) is 23.1. The number of alkyl halides is 6. The topological polar surface area (TPSA) is 69.6 Å². The van der Waals surface area contributed by atoms with Gasteiger partial charge in [0.25, 0.3) is 0 Å². The Morgan fingerprint density at radius 1 is 1.00 bits per heavy atom. The molecule has 1 rings (SSSR count). The number of carbonyl (C=O) groups excluding carboxylic acids is 1. The molecule has 134 valence electrons. The number of carboxylic acid groups (broad SMARTS) is 1. The maximum absolute atomic E-state index is 12.7. The highest BCUT2D eigenvalue weighted by Gasteiger charge is 2.37. The highest BCUT2D eigenvalue weighted by atomic mass is 19.4. The zero-order chi connectivity index (χ0) is 18.7. The number of hydrogen-bond acceptors (Lipinski definition) is 3. The van der Waals surface area contributed by atoms with E-state index < -0.39 is 54.1 Å². The van der Waals surface area contributed by atoms with E-state index in [0.29, 0.717) is 12.1 Å². The van der Waals surface area contributed by atoms with Crippen LogP contribution in [0.2, 0.25) is 0 Å². The van der Waals surface area contributed by atoms with Crippen molar-refractivity contribution < 1.29 is 41.0 Å². The van der Waals surface area contributed by atoms with Gasteiger partial charge in [-0.2, -0.15) is 26.3 Å². The van der Waals surface area contributed by atoms with Gasteiger partial charge in [-0.1, -0.05) is 0 Å². The van der Waals surface area contributed by atoms with Crippen LogP contribution in [0.25, 0.3) is 0 Å². The van der Waals surface area contributed by atoms with Crippen molar-refractivity contribution in [3.05, 3.63) is 29.3 Å². The fourth-order valence-electron chi connectivity index (χ4n) is 1.76. The number of halogens is 6. The minimum Gasteiger partial charge on any atom is -0.480 e. The van der Waals surface area contributed by atoms with Gasteiger partial charge in [-0.3, -0.25) is 14.5 Å². The predicted octanol–water partition coefficient (Wildman–Crippen LogP) is 2.68. The zero-order valence-electron chi connectivity index (χ0n) is 12.1. The number of carbonyl (C=O) groups is 2. The lowest BCUT2D eigenvalue weighted by molar-refractivity contribution is -0.143. The summed E-state index contributed by atoms with van der Waals surface area (Å²) in [5, 5.41) is 10.4. The van der Waals surface area contributed by atoms with Crippen molar-refractivity contribution in [1.29, 1.82) is 0 Å². The molecule has 0 heterocycles. The first-order chi connectivity index (χ1) is 10.8. The largest absolute Gasteiger partial charge is 0.480 e. The first kappa shape index (κ1) is 19.7. The minimum absolute atomic E-state index is 0.0633. The van der Waals surface area contributed by atoms with Gasteiger partial charge >= 0.3 is 18.3 Å². The molecule has 0 radical (unpaired) electrons. The van der Waals surface area contributed by atoms with Crippen molar-refractivity contribution in [3.8, 4) is 0 Å². The third-order valence-corrected chi connectivity index (χ3v) is 2.69. The van der Waals surface area contributed by atoms with Gasteiger partial charge in [0.15, 0.2) is 0 Å². The van der Waals surface area contributed by atoms with Crippen LogP contribution in [0.3, 0.4) is 0 Å². The molecule has 0 aliphatic carbocycles. The predicted molar refractivity (Wildman–Crippen MR) is 70.2 cm³/mol. The number of nitrogens with zero attached hydrogens (tertiary/aromatic N) is 1. The van der Waals surface area contributed by atoms with Crippen LogP contribution in [0.1, 0.15) is 11.1 Å². The normalized spacial score (nSPS) is 12.3. The first-order valence-corrected chi connectivity index (χ1v) is 6.28. The smallest absolute Gasteiger partial charge is 0.416 e. The molecule has 0 unspecified atom stereocenters. The van der Waals surface area contributed by atoms with E-state index in [4.69, 9.17) is 5.11 Å². The number of nitrogens with one attached hydrogen (secondary N) is 1. The van der Waals surface area contributed by atoms with Crippen LogP contribution in [-0.4, -0.2) is 42.0 Å². The Morgan fingerprint density at radius 3 is 1.83 bits per heavy atom. The lowest BCUT2D eigenvalue weighted by Gasteiger charge is -2.16. The highest BCUT2D eigenvalue weighted by molar-refractivity contribution is 5.92. The molecule has 0 fully saturated rings. The molecule has 0 spiro atoms. The van der Waals surface area contributed by atoms with Crippen LogP contribution in [-0.2, 0) is 21.9 Å². The van der Waals surface area contributed by atoms with Crippen molar-refractivity contribution in [3.63, 3.8) is 0 Å². The molecule has 2 N–H and O–H groups in total. The number of aliphatic carboxylic acids is 1. The summed E-state index contributed by atoms with van der Waals surface area (Å²) in [6.45, 7) is -1.05. The Balaban J connectivity index is 3.02. The molecule has 5 nitrogen and oxygen atoms in total. The second kappa shape index (κ2) is 7.07. The van der Waals surface area contributed by atoms with E-state index in [2.05, 4.69) is 0 Å². The summed E-state index contributed by atoms with van der Waals surface area (Å²) in [5.74, 6) is -2.20. The Hall–Kier alpha value is -2.30. The van der Waals surface area contributed by atoms with Gasteiger partial charge in [-0.05, 0) is 25.2 Å². The molecule has 11 heteroatoms. The first-order valence-electron chi connectivity index (χ1n) is 6.28. The Labute approximate surface area is 131 Å². The van der Waals surface area contributed by atoms with Gasteiger partial charge in [0, 0.05) is 5.69 Å². The lowest BCUT2D eigenvalue weighted by Crippen LogP contribution is -2.33. The van der Waals surface area contributed by atoms with Gasteiger partial charge in [-0.25, -0.2) is 0 Å². The molecular formula is C13H12F6N2O3. The van der Waals surface area contributed by atoms with E-state index in [1.807, 2.05) is 5.32 Å². The molecule has 0 saturated heterocycles. The van der Waals surface area contributed by atoms with Crippen LogP contribution in [0.5, 0.6) is 0 Å². The van der Waals surface area contributed by atoms with E-state index in [1.54, 1.807) is 0 Å². The summed E-state index contributed by atoms with van der Waals surface area (Å²) in [6, 6.07) is 0.668. The van der Waals surface area contributed by atoms with Gasteiger partial charge < -0.3 is 10.4 Å². The van der Waals surface area contributed by atoms with Gasteiger partial charge in [-0.15, -0.1) is 0 Å². The standard InChI is InChI=1S/C13H12F6N2O3/c1-21(6-11(23)24)5-10(22)20-9-3-7(12(14,15)16)2-8(4-9)13(17,18)19/h2-4H,5-6H2,1H3,(H,20,22)(H,23,24). The average molecular weight is 358 g/mol. The number of hydrogen-bond donors (Lipinski definition) is 2. The van der Waals surface area contributed by atoms with E-state index >= 15 is 0 Å². The molecule has 0 atom stereocenters. The Kier molecular flexibility index (Phi) is 5.82. The van der Waals surface area contributed by atoms with Crippen LogP contribution in [0.4, 0.5) is 32.0 Å². The van der Waals surface area contributed by atoms with Crippen molar-refractivity contribution in [2.45, 2.75) is 12.4 Å². The number of benzene rings is 1. The average Bonchev–Trinajstić information content (AvgIpc) is 2.34. The SMILES string of the molecule is CN(CC(=O)O)CC(=O)Nc1cc(C(F)(F)F)cc(C(F)(F)F)c1. The molecule has 0 aliphatic heterocycles. The third kappa shape index (κ3) is 6.07. The second-order valence-corrected chi connectivity index (χ2v) is 4.91. The molecule has 0 saturated carbocycles. The van der Waals surface area contributed by atoms with Gasteiger partial charge in [0.05, 0.1) is 24.2 Å². The highest BCUT2D eigenvalue weighted by Crippen LogP contribution is 2.37. The quantitative estimate of drug-likeness (QED) is 0.794. The third-order valence-electron chi connectivity index (χ3n) is 2.69. The molecule has 0 bridgehead atoms. The maximum Gasteiger partial charge on any atom is 0.416 e. The molecule has 1 aromatic rings. The lowest BCUT2D eigenvalue weighted by atomic mass is 10.1. The van der Waals surface area contributed by atoms with E-state index in [-0.39, 0.29) is 6.07 Å². The van der Waals surface area contributed by atoms with Crippen LogP contribution in [0, 0.1) is 0 Å². The van der Waals surface area contributed by atoms with Crippen molar-refractivity contribution in [2.24, 2.45) is 0 Å². The molecule has 1 aromatic carbocycles. The Bertz CT molecular complexity index is 595. The monoisotopic (exact) mass is 358 g/mol. The zero-order valence-corrected chi connectivity index (χ0v) is 12.1. The van der Waals surface area contributed by atoms with Crippen molar-refractivity contribution >= 4 is 17.6 Å². The minimum atomic E-state index is -5.03.